The van der Waals surface area contributed by atoms with Crippen LogP contribution in [0.1, 0.15) is 30.8 Å². The third-order valence-corrected chi connectivity index (χ3v) is 5.01. The van der Waals surface area contributed by atoms with Crippen LogP contribution in [-0.2, 0) is 16.1 Å². The van der Waals surface area contributed by atoms with Crippen LogP contribution in [-0.4, -0.2) is 52.9 Å². The lowest BCUT2D eigenvalue weighted by Gasteiger charge is -2.41. The van der Waals surface area contributed by atoms with Gasteiger partial charge in [-0.2, -0.15) is 0 Å². The maximum Gasteiger partial charge on any atom is 0.271 e. The van der Waals surface area contributed by atoms with Crippen molar-refractivity contribution in [2.75, 3.05) is 20.1 Å². The van der Waals surface area contributed by atoms with Gasteiger partial charge in [0.2, 0.25) is 11.8 Å². The number of hydrogen-bond acceptors (Lipinski definition) is 3. The van der Waals surface area contributed by atoms with Gasteiger partial charge in [0.1, 0.15) is 11.2 Å². The van der Waals surface area contributed by atoms with Crippen LogP contribution in [0.2, 0.25) is 0 Å². The molecule has 0 fully saturated rings. The van der Waals surface area contributed by atoms with Crippen molar-refractivity contribution in [3.63, 3.8) is 0 Å². The first-order valence-electron chi connectivity index (χ1n) is 8.80. The number of hydrogen-bond donors (Lipinski definition) is 2. The van der Waals surface area contributed by atoms with Crippen LogP contribution in [0, 0.1) is 0 Å². The lowest BCUT2D eigenvalue weighted by Crippen LogP contribution is -2.63. The Morgan fingerprint density at radius 3 is 2.69 bits per heavy atom. The molecule has 1 aromatic carbocycles. The van der Waals surface area contributed by atoms with Crippen molar-refractivity contribution >= 4 is 28.6 Å². The van der Waals surface area contributed by atoms with Gasteiger partial charge in [-0.15, -0.1) is 0 Å². The van der Waals surface area contributed by atoms with Gasteiger partial charge < -0.3 is 20.1 Å². The van der Waals surface area contributed by atoms with Gasteiger partial charge in [0.05, 0.1) is 13.1 Å². The molecule has 2 heterocycles. The average molecular weight is 356 g/mol. The standard InChI is InChI=1S/C19H24N4O3/c1-4-9-20-16(24)11-21-18(26)19(2)12-23-14-8-6-5-7-13(14)10-15(23)17(25)22(19)3/h5-8,10H,4,9,11-12H2,1-3H3,(H,20,24)(H,21,26)/t19-/m1/s1. The Morgan fingerprint density at radius 1 is 1.23 bits per heavy atom. The molecule has 2 N–H and O–H groups in total. The average Bonchev–Trinajstić information content (AvgIpc) is 3.01. The number of benzene rings is 1. The third kappa shape index (κ3) is 2.94. The van der Waals surface area contributed by atoms with Crippen LogP contribution in [0.3, 0.4) is 0 Å². The number of rotatable bonds is 5. The van der Waals surface area contributed by atoms with E-state index < -0.39 is 5.54 Å². The molecule has 0 bridgehead atoms. The van der Waals surface area contributed by atoms with Crippen molar-refractivity contribution in [2.24, 2.45) is 0 Å². The van der Waals surface area contributed by atoms with E-state index in [2.05, 4.69) is 10.6 Å². The minimum absolute atomic E-state index is 0.101. The molecule has 0 aliphatic carbocycles. The molecule has 1 aliphatic rings. The molecule has 7 nitrogen and oxygen atoms in total. The number of carbonyl (C=O) groups excluding carboxylic acids is 3. The number of amides is 3. The number of likely N-dealkylation sites (N-methyl/N-ethyl adjacent to an activating group) is 1. The van der Waals surface area contributed by atoms with Crippen LogP contribution in [0.15, 0.2) is 30.3 Å². The summed E-state index contributed by atoms with van der Waals surface area (Å²) in [5.41, 5.74) is 0.417. The summed E-state index contributed by atoms with van der Waals surface area (Å²) in [5.74, 6) is -0.787. The Hall–Kier alpha value is -2.83. The van der Waals surface area contributed by atoms with Crippen molar-refractivity contribution in [2.45, 2.75) is 32.4 Å². The second kappa shape index (κ2) is 6.82. The number of fused-ring (bicyclic) bond motifs is 3. The lowest BCUT2D eigenvalue weighted by atomic mass is 9.95. The number of nitrogens with zero attached hydrogens (tertiary/aromatic N) is 2. The van der Waals surface area contributed by atoms with Gasteiger partial charge >= 0.3 is 0 Å². The fraction of sp³-hybridized carbons (Fsp3) is 0.421. The first-order valence-corrected chi connectivity index (χ1v) is 8.80. The highest BCUT2D eigenvalue weighted by atomic mass is 16.2. The zero-order valence-electron chi connectivity index (χ0n) is 15.3. The zero-order valence-corrected chi connectivity index (χ0v) is 15.3. The van der Waals surface area contributed by atoms with Crippen molar-refractivity contribution in [1.29, 1.82) is 0 Å². The minimum Gasteiger partial charge on any atom is -0.355 e. The Bertz CT molecular complexity index is 873. The molecule has 1 aliphatic heterocycles. The summed E-state index contributed by atoms with van der Waals surface area (Å²) in [7, 11) is 1.63. The number of carbonyl (C=O) groups is 3. The van der Waals surface area contributed by atoms with Gasteiger partial charge in [0.15, 0.2) is 0 Å². The molecule has 0 spiro atoms. The normalized spacial score (nSPS) is 19.3. The van der Waals surface area contributed by atoms with E-state index in [4.69, 9.17) is 0 Å². The molecule has 1 atom stereocenters. The number of para-hydroxylation sites is 1. The van der Waals surface area contributed by atoms with Crippen molar-refractivity contribution < 1.29 is 14.4 Å². The molecule has 0 saturated carbocycles. The molecule has 138 valence electrons. The summed E-state index contributed by atoms with van der Waals surface area (Å²) in [5, 5.41) is 6.35. The summed E-state index contributed by atoms with van der Waals surface area (Å²) in [6.07, 6.45) is 0.831. The summed E-state index contributed by atoms with van der Waals surface area (Å²) < 4.78 is 1.88. The quantitative estimate of drug-likeness (QED) is 0.842. The summed E-state index contributed by atoms with van der Waals surface area (Å²) in [4.78, 5) is 38.9. The molecule has 3 amide bonds. The van der Waals surface area contributed by atoms with E-state index in [1.807, 2.05) is 41.8 Å². The van der Waals surface area contributed by atoms with Crippen LogP contribution in [0.4, 0.5) is 0 Å². The van der Waals surface area contributed by atoms with Crippen LogP contribution < -0.4 is 10.6 Å². The predicted molar refractivity (Wildman–Crippen MR) is 98.7 cm³/mol. The molecule has 7 heteroatoms. The van der Waals surface area contributed by atoms with Crippen LogP contribution in [0.5, 0.6) is 0 Å². The van der Waals surface area contributed by atoms with Crippen molar-refractivity contribution in [3.05, 3.63) is 36.0 Å². The SMILES string of the molecule is CCCNC(=O)CNC(=O)[C@@]1(C)Cn2c(cc3ccccc32)C(=O)N1C. The summed E-state index contributed by atoms with van der Waals surface area (Å²) >= 11 is 0. The van der Waals surface area contributed by atoms with Gasteiger partial charge in [-0.05, 0) is 25.5 Å². The number of nitrogens with one attached hydrogen (secondary N) is 2. The maximum atomic E-state index is 12.8. The molecular weight excluding hydrogens is 332 g/mol. The first-order chi connectivity index (χ1) is 12.4. The number of aromatic nitrogens is 1. The largest absolute Gasteiger partial charge is 0.355 e. The van der Waals surface area contributed by atoms with E-state index in [9.17, 15) is 14.4 Å². The van der Waals surface area contributed by atoms with E-state index >= 15 is 0 Å². The Morgan fingerprint density at radius 2 is 1.96 bits per heavy atom. The fourth-order valence-corrected chi connectivity index (χ4v) is 3.27. The Kier molecular flexibility index (Phi) is 4.71. The lowest BCUT2D eigenvalue weighted by molar-refractivity contribution is -0.134. The minimum atomic E-state index is -1.07. The van der Waals surface area contributed by atoms with Gasteiger partial charge in [-0.25, -0.2) is 0 Å². The van der Waals surface area contributed by atoms with Crippen molar-refractivity contribution in [3.8, 4) is 0 Å². The Balaban J connectivity index is 1.84. The van der Waals surface area contributed by atoms with E-state index in [1.165, 1.54) is 4.90 Å². The molecule has 1 aromatic heterocycles. The van der Waals surface area contributed by atoms with E-state index in [1.54, 1.807) is 14.0 Å². The second-order valence-corrected chi connectivity index (χ2v) is 6.85. The molecule has 0 unspecified atom stereocenters. The van der Waals surface area contributed by atoms with E-state index in [-0.39, 0.29) is 24.3 Å². The third-order valence-electron chi connectivity index (χ3n) is 5.01. The fourth-order valence-electron chi connectivity index (χ4n) is 3.27. The van der Waals surface area contributed by atoms with Crippen molar-refractivity contribution in [1.82, 2.24) is 20.1 Å². The second-order valence-electron chi connectivity index (χ2n) is 6.85. The van der Waals surface area contributed by atoms with E-state index in [0.717, 1.165) is 17.3 Å². The molecule has 3 rings (SSSR count). The van der Waals surface area contributed by atoms with E-state index in [0.29, 0.717) is 18.8 Å². The molecule has 26 heavy (non-hydrogen) atoms. The summed E-state index contributed by atoms with van der Waals surface area (Å²) in [6.45, 7) is 4.49. The van der Waals surface area contributed by atoms with Crippen LogP contribution in [0.25, 0.3) is 10.9 Å². The van der Waals surface area contributed by atoms with Gasteiger partial charge in [-0.1, -0.05) is 25.1 Å². The molecule has 0 saturated heterocycles. The highest BCUT2D eigenvalue weighted by Gasteiger charge is 2.45. The highest BCUT2D eigenvalue weighted by molar-refractivity contribution is 6.03. The Labute approximate surface area is 152 Å². The van der Waals surface area contributed by atoms with Gasteiger partial charge in [0, 0.05) is 24.5 Å². The smallest absolute Gasteiger partial charge is 0.271 e. The predicted octanol–water partition coefficient (Wildman–Crippen LogP) is 1.13. The van der Waals surface area contributed by atoms with Crippen LogP contribution >= 0.6 is 0 Å². The molecule has 2 aromatic rings. The maximum absolute atomic E-state index is 12.8. The van der Waals surface area contributed by atoms with Gasteiger partial charge in [0.25, 0.3) is 5.91 Å². The first kappa shape index (κ1) is 18.0. The molecule has 0 radical (unpaired) electrons. The zero-order chi connectivity index (χ0) is 18.9. The molecular formula is C19H24N4O3. The monoisotopic (exact) mass is 356 g/mol. The topological polar surface area (TPSA) is 83.4 Å². The highest BCUT2D eigenvalue weighted by Crippen LogP contribution is 2.31. The van der Waals surface area contributed by atoms with Gasteiger partial charge in [-0.3, -0.25) is 14.4 Å². The summed E-state index contributed by atoms with van der Waals surface area (Å²) in [6, 6.07) is 9.57.